The van der Waals surface area contributed by atoms with E-state index in [-0.39, 0.29) is 4.90 Å². The second-order valence-corrected chi connectivity index (χ2v) is 7.31. The molecule has 5 N–H and O–H groups in total. The Morgan fingerprint density at radius 2 is 1.86 bits per heavy atom. The largest absolute Gasteiger partial charge is 0.399 e. The number of benzene rings is 2. The molecule has 2 aromatic rings. The summed E-state index contributed by atoms with van der Waals surface area (Å²) in [6.07, 6.45) is 0. The van der Waals surface area contributed by atoms with Gasteiger partial charge < -0.3 is 11.1 Å². The van der Waals surface area contributed by atoms with Crippen molar-refractivity contribution in [1.82, 2.24) is 0 Å². The van der Waals surface area contributed by atoms with Gasteiger partial charge in [-0.05, 0) is 58.7 Å². The van der Waals surface area contributed by atoms with Gasteiger partial charge in [0.25, 0.3) is 0 Å². The number of hydrogen-bond acceptors (Lipinski definition) is 4. The number of hydrogen-bond donors (Lipinski definition) is 3. The number of nitrogens with one attached hydrogen (secondary N) is 1. The summed E-state index contributed by atoms with van der Waals surface area (Å²) in [5.74, 6) is 0. The number of nitrogens with two attached hydrogens (primary N) is 2. The fraction of sp³-hybridized carbons (Fsp3) is 0.0769. The van der Waals surface area contributed by atoms with Crippen LogP contribution >= 0.6 is 27.5 Å². The molecule has 0 aliphatic carbocycles. The van der Waals surface area contributed by atoms with E-state index in [1.807, 2.05) is 0 Å². The van der Waals surface area contributed by atoms with Crippen molar-refractivity contribution < 1.29 is 8.42 Å². The number of anilines is 3. The summed E-state index contributed by atoms with van der Waals surface area (Å²) in [5, 5.41) is 8.90. The minimum Gasteiger partial charge on any atom is -0.399 e. The van der Waals surface area contributed by atoms with Crippen LogP contribution in [0.5, 0.6) is 0 Å². The van der Waals surface area contributed by atoms with Gasteiger partial charge in [0.05, 0.1) is 10.6 Å². The molecule has 2 rings (SSSR count). The van der Waals surface area contributed by atoms with Gasteiger partial charge in [-0.2, -0.15) is 0 Å². The first-order chi connectivity index (χ1) is 9.68. The molecular formula is C13H13BrClN3O2S. The Hall–Kier alpha value is -1.28. The molecule has 5 nitrogen and oxygen atoms in total. The maximum Gasteiger partial charge on any atom is 0.238 e. The molecule has 21 heavy (non-hydrogen) atoms. The van der Waals surface area contributed by atoms with Gasteiger partial charge in [0.1, 0.15) is 0 Å². The van der Waals surface area contributed by atoms with E-state index in [1.54, 1.807) is 31.2 Å². The van der Waals surface area contributed by atoms with Crippen molar-refractivity contribution in [1.29, 1.82) is 0 Å². The highest BCUT2D eigenvalue weighted by atomic mass is 79.9. The SMILES string of the molecule is Cc1c(Nc2ccc(Cl)cc2Br)cc(N)cc1S(N)(=O)=O. The molecule has 0 bridgehead atoms. The average molecular weight is 391 g/mol. The van der Waals surface area contributed by atoms with Crippen LogP contribution in [0.4, 0.5) is 17.1 Å². The maximum atomic E-state index is 11.6. The van der Waals surface area contributed by atoms with E-state index >= 15 is 0 Å². The first kappa shape index (κ1) is 16.1. The summed E-state index contributed by atoms with van der Waals surface area (Å²) >= 11 is 9.27. The summed E-state index contributed by atoms with van der Waals surface area (Å²) in [4.78, 5) is -0.00455. The van der Waals surface area contributed by atoms with Crippen LogP contribution in [0, 0.1) is 6.92 Å². The molecule has 0 aliphatic rings. The fourth-order valence-electron chi connectivity index (χ4n) is 1.87. The molecule has 0 spiro atoms. The zero-order valence-corrected chi connectivity index (χ0v) is 14.2. The third-order valence-electron chi connectivity index (χ3n) is 2.89. The molecule has 0 atom stereocenters. The van der Waals surface area contributed by atoms with Crippen molar-refractivity contribution >= 4 is 54.6 Å². The first-order valence-corrected chi connectivity index (χ1v) is 8.55. The van der Waals surface area contributed by atoms with Gasteiger partial charge >= 0.3 is 0 Å². The highest BCUT2D eigenvalue weighted by Gasteiger charge is 2.16. The molecule has 2 aromatic carbocycles. The molecule has 0 amide bonds. The van der Waals surface area contributed by atoms with Crippen LogP contribution in [0.2, 0.25) is 5.02 Å². The Morgan fingerprint density at radius 1 is 1.19 bits per heavy atom. The van der Waals surface area contributed by atoms with E-state index < -0.39 is 10.0 Å². The zero-order chi connectivity index (χ0) is 15.8. The van der Waals surface area contributed by atoms with Crippen molar-refractivity contribution in [2.75, 3.05) is 11.1 Å². The number of rotatable bonds is 3. The lowest BCUT2D eigenvalue weighted by molar-refractivity contribution is 0.597. The average Bonchev–Trinajstić information content (AvgIpc) is 2.35. The predicted molar refractivity (Wildman–Crippen MR) is 89.4 cm³/mol. The molecule has 112 valence electrons. The van der Waals surface area contributed by atoms with E-state index in [4.69, 9.17) is 22.5 Å². The van der Waals surface area contributed by atoms with Gasteiger partial charge in [0, 0.05) is 20.9 Å². The van der Waals surface area contributed by atoms with Gasteiger partial charge in [-0.1, -0.05) is 11.6 Å². The maximum absolute atomic E-state index is 11.6. The molecule has 0 fully saturated rings. The molecule has 0 heterocycles. The minimum absolute atomic E-state index is 0.00455. The van der Waals surface area contributed by atoms with E-state index in [9.17, 15) is 8.42 Å². The van der Waals surface area contributed by atoms with Crippen LogP contribution in [0.15, 0.2) is 39.7 Å². The summed E-state index contributed by atoms with van der Waals surface area (Å²) in [5.41, 5.74) is 7.83. The predicted octanol–water partition coefficient (Wildman–Crippen LogP) is 3.38. The Kier molecular flexibility index (Phi) is 4.48. The smallest absolute Gasteiger partial charge is 0.238 e. The molecule has 0 aromatic heterocycles. The van der Waals surface area contributed by atoms with Gasteiger partial charge in [-0.25, -0.2) is 13.6 Å². The van der Waals surface area contributed by atoms with E-state index in [1.165, 1.54) is 6.07 Å². The topological polar surface area (TPSA) is 98.2 Å². The lowest BCUT2D eigenvalue weighted by Crippen LogP contribution is -2.15. The molecule has 0 aliphatic heterocycles. The van der Waals surface area contributed by atoms with E-state index in [2.05, 4.69) is 21.2 Å². The second kappa shape index (κ2) is 5.84. The molecule has 0 saturated heterocycles. The lowest BCUT2D eigenvalue weighted by atomic mass is 10.1. The minimum atomic E-state index is -3.84. The Bertz CT molecular complexity index is 809. The molecule has 0 radical (unpaired) electrons. The summed E-state index contributed by atoms with van der Waals surface area (Å²) in [6, 6.07) is 8.20. The van der Waals surface area contributed by atoms with Crippen LogP contribution in [0.25, 0.3) is 0 Å². The van der Waals surface area contributed by atoms with Gasteiger partial charge in [0.2, 0.25) is 10.0 Å². The molecule has 8 heteroatoms. The highest BCUT2D eigenvalue weighted by Crippen LogP contribution is 2.32. The van der Waals surface area contributed by atoms with Crippen LogP contribution in [0.3, 0.4) is 0 Å². The van der Waals surface area contributed by atoms with E-state index in [0.29, 0.717) is 22.0 Å². The number of halogens is 2. The Balaban J connectivity index is 2.52. The third kappa shape index (κ3) is 3.68. The van der Waals surface area contributed by atoms with Gasteiger partial charge in [-0.3, -0.25) is 0 Å². The Labute approximate surface area is 136 Å². The van der Waals surface area contributed by atoms with Crippen LogP contribution in [0.1, 0.15) is 5.56 Å². The number of sulfonamides is 1. The zero-order valence-electron chi connectivity index (χ0n) is 11.0. The van der Waals surface area contributed by atoms with Crippen molar-refractivity contribution in [2.45, 2.75) is 11.8 Å². The first-order valence-electron chi connectivity index (χ1n) is 5.83. The van der Waals surface area contributed by atoms with Crippen molar-refractivity contribution in [3.05, 3.63) is 45.4 Å². The van der Waals surface area contributed by atoms with Gasteiger partial charge in [0.15, 0.2) is 0 Å². The third-order valence-corrected chi connectivity index (χ3v) is 4.82. The van der Waals surface area contributed by atoms with Crippen molar-refractivity contribution in [3.8, 4) is 0 Å². The van der Waals surface area contributed by atoms with Gasteiger partial charge in [-0.15, -0.1) is 0 Å². The van der Waals surface area contributed by atoms with Crippen LogP contribution in [-0.4, -0.2) is 8.42 Å². The second-order valence-electron chi connectivity index (χ2n) is 4.49. The highest BCUT2D eigenvalue weighted by molar-refractivity contribution is 9.10. The number of nitrogen functional groups attached to an aromatic ring is 1. The quantitative estimate of drug-likeness (QED) is 0.700. The van der Waals surface area contributed by atoms with E-state index in [0.717, 1.165) is 10.2 Å². The Morgan fingerprint density at radius 3 is 2.43 bits per heavy atom. The van der Waals surface area contributed by atoms with Crippen molar-refractivity contribution in [2.24, 2.45) is 5.14 Å². The van der Waals surface area contributed by atoms with Crippen LogP contribution < -0.4 is 16.2 Å². The number of primary sulfonamides is 1. The standard InChI is InChI=1S/C13H13BrClN3O2S/c1-7-12(5-9(16)6-13(7)21(17,19)20)18-11-3-2-8(15)4-10(11)14/h2-6,18H,16H2,1H3,(H2,17,19,20). The van der Waals surface area contributed by atoms with Crippen LogP contribution in [-0.2, 0) is 10.0 Å². The summed E-state index contributed by atoms with van der Waals surface area (Å²) in [7, 11) is -3.84. The summed E-state index contributed by atoms with van der Waals surface area (Å²) < 4.78 is 23.9. The summed E-state index contributed by atoms with van der Waals surface area (Å²) in [6.45, 7) is 1.66. The fourth-order valence-corrected chi connectivity index (χ4v) is 3.49. The molecule has 0 unspecified atom stereocenters. The lowest BCUT2D eigenvalue weighted by Gasteiger charge is -2.15. The molecule has 0 saturated carbocycles. The van der Waals surface area contributed by atoms with Crippen molar-refractivity contribution in [3.63, 3.8) is 0 Å². The molecular weight excluding hydrogens is 378 g/mol. The normalized spacial score (nSPS) is 11.4. The monoisotopic (exact) mass is 389 g/mol.